The first-order valence-electron chi connectivity index (χ1n) is 13.4. The molecule has 0 heterocycles. The summed E-state index contributed by atoms with van der Waals surface area (Å²) in [5.41, 5.74) is 0.609. The molecule has 0 unspecified atom stereocenters. The second-order valence-corrected chi connectivity index (χ2v) is 12.4. The van der Waals surface area contributed by atoms with Crippen molar-refractivity contribution in [2.75, 3.05) is 25.1 Å². The first-order valence-corrected chi connectivity index (χ1v) is 14.8. The van der Waals surface area contributed by atoms with Crippen molar-refractivity contribution in [3.05, 3.63) is 84.4 Å². The number of benzene rings is 3. The molecule has 1 N–H and O–H groups in total. The average Bonchev–Trinajstić information content (AvgIpc) is 2.95. The fraction of sp³-hybridized carbons (Fsp3) is 0.355. The molecule has 0 aliphatic rings. The fourth-order valence-corrected chi connectivity index (χ4v) is 5.81. The number of methoxy groups -OCH3 is 2. The Morgan fingerprint density at radius 3 is 2.00 bits per heavy atom. The Morgan fingerprint density at radius 2 is 1.46 bits per heavy atom. The monoisotopic (exact) mass is 581 g/mol. The molecule has 0 bridgehead atoms. The SMILES string of the molecule is CC[C@@H](C(=O)NC(C)(C)C)N(Cc1ccccc1)C(=O)CN(c1ccccc1)S(=O)(=O)c1ccc(OC)c(OC)c1. The molecule has 9 nitrogen and oxygen atoms in total. The largest absolute Gasteiger partial charge is 0.493 e. The molecular formula is C31H39N3O6S. The van der Waals surface area contributed by atoms with Crippen LogP contribution in [-0.2, 0) is 26.2 Å². The molecule has 0 saturated heterocycles. The summed E-state index contributed by atoms with van der Waals surface area (Å²) in [4.78, 5) is 28.9. The van der Waals surface area contributed by atoms with Gasteiger partial charge in [-0.3, -0.25) is 13.9 Å². The molecule has 0 aliphatic heterocycles. The third kappa shape index (κ3) is 8.00. The van der Waals surface area contributed by atoms with Crippen molar-refractivity contribution < 1.29 is 27.5 Å². The lowest BCUT2D eigenvalue weighted by Gasteiger charge is -2.34. The maximum absolute atomic E-state index is 14.1. The van der Waals surface area contributed by atoms with Crippen LogP contribution in [0.25, 0.3) is 0 Å². The summed E-state index contributed by atoms with van der Waals surface area (Å²) in [6.45, 7) is 7.05. The van der Waals surface area contributed by atoms with Gasteiger partial charge in [0.2, 0.25) is 11.8 Å². The number of carbonyl (C=O) groups excluding carboxylic acids is 2. The first kappa shape index (κ1) is 31.5. The Bertz CT molecular complexity index is 1420. The number of para-hydroxylation sites is 1. The van der Waals surface area contributed by atoms with Crippen LogP contribution in [0.5, 0.6) is 11.5 Å². The maximum Gasteiger partial charge on any atom is 0.264 e. The van der Waals surface area contributed by atoms with E-state index in [4.69, 9.17) is 9.47 Å². The van der Waals surface area contributed by atoms with Crippen molar-refractivity contribution >= 4 is 27.5 Å². The number of carbonyl (C=O) groups is 2. The molecule has 10 heteroatoms. The topological polar surface area (TPSA) is 105 Å². The minimum Gasteiger partial charge on any atom is -0.493 e. The van der Waals surface area contributed by atoms with Crippen LogP contribution in [0.2, 0.25) is 0 Å². The maximum atomic E-state index is 14.1. The number of nitrogens with one attached hydrogen (secondary N) is 1. The van der Waals surface area contributed by atoms with Crippen LogP contribution < -0.4 is 19.1 Å². The Balaban J connectivity index is 2.07. The normalized spacial score (nSPS) is 12.2. The van der Waals surface area contributed by atoms with E-state index in [9.17, 15) is 18.0 Å². The molecular weight excluding hydrogens is 542 g/mol. The second kappa shape index (κ2) is 13.5. The molecule has 0 saturated carbocycles. The number of nitrogens with zero attached hydrogens (tertiary/aromatic N) is 2. The molecule has 0 spiro atoms. The highest BCUT2D eigenvalue weighted by Gasteiger charge is 2.34. The summed E-state index contributed by atoms with van der Waals surface area (Å²) < 4.78 is 39.8. The second-order valence-electron chi connectivity index (χ2n) is 10.5. The van der Waals surface area contributed by atoms with Crippen molar-refractivity contribution in [3.63, 3.8) is 0 Å². The Labute approximate surface area is 243 Å². The average molecular weight is 582 g/mol. The zero-order chi connectivity index (χ0) is 30.2. The lowest BCUT2D eigenvalue weighted by atomic mass is 10.1. The van der Waals surface area contributed by atoms with Gasteiger partial charge in [0.1, 0.15) is 12.6 Å². The third-order valence-electron chi connectivity index (χ3n) is 6.35. The zero-order valence-electron chi connectivity index (χ0n) is 24.5. The molecule has 0 fully saturated rings. The summed E-state index contributed by atoms with van der Waals surface area (Å²) in [5, 5.41) is 2.97. The molecule has 0 aliphatic carbocycles. The van der Waals surface area contributed by atoms with E-state index in [1.54, 1.807) is 30.3 Å². The van der Waals surface area contributed by atoms with Crippen LogP contribution in [0.4, 0.5) is 5.69 Å². The van der Waals surface area contributed by atoms with E-state index in [2.05, 4.69) is 5.32 Å². The van der Waals surface area contributed by atoms with Crippen LogP contribution >= 0.6 is 0 Å². The van der Waals surface area contributed by atoms with Crippen LogP contribution in [-0.4, -0.2) is 57.5 Å². The van der Waals surface area contributed by atoms with E-state index < -0.39 is 34.1 Å². The minimum absolute atomic E-state index is 0.0704. The first-order chi connectivity index (χ1) is 19.4. The van der Waals surface area contributed by atoms with E-state index in [0.717, 1.165) is 9.87 Å². The van der Waals surface area contributed by atoms with Gasteiger partial charge in [-0.25, -0.2) is 8.42 Å². The van der Waals surface area contributed by atoms with Crippen molar-refractivity contribution in [3.8, 4) is 11.5 Å². The van der Waals surface area contributed by atoms with Gasteiger partial charge in [0.25, 0.3) is 10.0 Å². The predicted molar refractivity (Wildman–Crippen MR) is 159 cm³/mol. The van der Waals surface area contributed by atoms with Gasteiger partial charge < -0.3 is 19.7 Å². The molecule has 0 aromatic heterocycles. The lowest BCUT2D eigenvalue weighted by Crippen LogP contribution is -2.55. The molecule has 0 radical (unpaired) electrons. The van der Waals surface area contributed by atoms with Crippen molar-refractivity contribution in [2.24, 2.45) is 0 Å². The van der Waals surface area contributed by atoms with Crippen LogP contribution in [0.15, 0.2) is 83.8 Å². The molecule has 3 aromatic carbocycles. The number of anilines is 1. The van der Waals surface area contributed by atoms with E-state index >= 15 is 0 Å². The summed E-state index contributed by atoms with van der Waals surface area (Å²) in [7, 11) is -1.37. The summed E-state index contributed by atoms with van der Waals surface area (Å²) in [6, 6.07) is 21.2. The standard InChI is InChI=1S/C31H39N3O6S/c1-7-26(30(36)32-31(2,3)4)33(21-23-14-10-8-11-15-23)29(35)22-34(24-16-12-9-13-17-24)41(37,38)25-18-19-27(39-5)28(20-25)40-6/h8-20,26H,7,21-22H2,1-6H3,(H,32,36)/t26-/m0/s1. The number of hydrogen-bond donors (Lipinski definition) is 1. The van der Waals surface area contributed by atoms with Crippen LogP contribution in [0.3, 0.4) is 0 Å². The molecule has 1 atom stereocenters. The number of hydrogen-bond acceptors (Lipinski definition) is 6. The van der Waals surface area contributed by atoms with Crippen LogP contribution in [0.1, 0.15) is 39.7 Å². The predicted octanol–water partition coefficient (Wildman–Crippen LogP) is 4.62. The van der Waals surface area contributed by atoms with Gasteiger partial charge in [0.15, 0.2) is 11.5 Å². The quantitative estimate of drug-likeness (QED) is 0.335. The molecule has 3 aromatic rings. The molecule has 220 valence electrons. The fourth-order valence-electron chi connectivity index (χ4n) is 4.38. The number of sulfonamides is 1. The van der Waals surface area contributed by atoms with Gasteiger partial charge in [0, 0.05) is 18.2 Å². The van der Waals surface area contributed by atoms with E-state index in [1.165, 1.54) is 37.3 Å². The smallest absolute Gasteiger partial charge is 0.264 e. The summed E-state index contributed by atoms with van der Waals surface area (Å²) in [5.74, 6) is -0.210. The van der Waals surface area contributed by atoms with Gasteiger partial charge in [-0.05, 0) is 57.0 Å². The third-order valence-corrected chi connectivity index (χ3v) is 8.12. The van der Waals surface area contributed by atoms with Crippen molar-refractivity contribution in [2.45, 2.75) is 57.1 Å². The highest BCUT2D eigenvalue weighted by atomic mass is 32.2. The van der Waals surface area contributed by atoms with Gasteiger partial charge in [0.05, 0.1) is 24.8 Å². The molecule has 41 heavy (non-hydrogen) atoms. The minimum atomic E-state index is -4.24. The van der Waals surface area contributed by atoms with Crippen LogP contribution in [0, 0.1) is 0 Å². The van der Waals surface area contributed by atoms with Gasteiger partial charge >= 0.3 is 0 Å². The number of ether oxygens (including phenoxy) is 2. The Hall–Kier alpha value is -4.05. The highest BCUT2D eigenvalue weighted by molar-refractivity contribution is 7.92. The van der Waals surface area contributed by atoms with Crippen molar-refractivity contribution in [1.82, 2.24) is 10.2 Å². The van der Waals surface area contributed by atoms with Crippen molar-refractivity contribution in [1.29, 1.82) is 0 Å². The zero-order valence-corrected chi connectivity index (χ0v) is 25.3. The van der Waals surface area contributed by atoms with E-state index in [1.807, 2.05) is 58.0 Å². The Morgan fingerprint density at radius 1 is 0.878 bits per heavy atom. The molecule has 3 rings (SSSR count). The number of rotatable bonds is 12. The van der Waals surface area contributed by atoms with Gasteiger partial charge in [-0.1, -0.05) is 55.5 Å². The Kier molecular flexibility index (Phi) is 10.4. The van der Waals surface area contributed by atoms with E-state index in [0.29, 0.717) is 17.9 Å². The molecule has 2 amide bonds. The summed E-state index contributed by atoms with van der Waals surface area (Å²) in [6.07, 6.45) is 0.342. The highest BCUT2D eigenvalue weighted by Crippen LogP contribution is 2.32. The lowest BCUT2D eigenvalue weighted by molar-refractivity contribution is -0.141. The van der Waals surface area contributed by atoms with E-state index in [-0.39, 0.29) is 23.1 Å². The van der Waals surface area contributed by atoms with Gasteiger partial charge in [-0.2, -0.15) is 0 Å². The van der Waals surface area contributed by atoms with Gasteiger partial charge in [-0.15, -0.1) is 0 Å². The number of amides is 2. The summed E-state index contributed by atoms with van der Waals surface area (Å²) >= 11 is 0.